The lowest BCUT2D eigenvalue weighted by Crippen LogP contribution is -2.15. The van der Waals surface area contributed by atoms with Crippen molar-refractivity contribution in [1.82, 2.24) is 9.97 Å². The number of anilines is 1. The standard InChI is InChI=1S/C23H23N3OS/c1-16-13-20(28-23-24-11-4-12-25-23)9-10-21(16)26-22(27)15-17-7-8-18-5-2-3-6-19(18)14-17/h4,7-14H,2-3,5-6,15H2,1H3,(H,26,27). The van der Waals surface area contributed by atoms with E-state index in [4.69, 9.17) is 0 Å². The molecule has 2 aromatic carbocycles. The predicted octanol–water partition coefficient (Wildman–Crippen LogP) is 5.00. The van der Waals surface area contributed by atoms with Crippen molar-refractivity contribution in [3.8, 4) is 0 Å². The normalized spacial score (nSPS) is 13.0. The Morgan fingerprint density at radius 2 is 1.82 bits per heavy atom. The first-order chi connectivity index (χ1) is 13.7. The molecule has 28 heavy (non-hydrogen) atoms. The molecule has 1 N–H and O–H groups in total. The fourth-order valence-corrected chi connectivity index (χ4v) is 4.37. The van der Waals surface area contributed by atoms with E-state index in [2.05, 4.69) is 39.6 Å². The maximum atomic E-state index is 12.5. The summed E-state index contributed by atoms with van der Waals surface area (Å²) in [4.78, 5) is 22.1. The summed E-state index contributed by atoms with van der Waals surface area (Å²) in [5, 5.41) is 3.76. The Bertz CT molecular complexity index is 988. The van der Waals surface area contributed by atoms with Crippen LogP contribution in [0.5, 0.6) is 0 Å². The Hall–Kier alpha value is -2.66. The third kappa shape index (κ3) is 4.60. The number of hydrogen-bond acceptors (Lipinski definition) is 4. The number of fused-ring (bicyclic) bond motifs is 1. The number of nitrogens with one attached hydrogen (secondary N) is 1. The number of benzene rings is 2. The van der Waals surface area contributed by atoms with Gasteiger partial charge in [-0.25, -0.2) is 9.97 Å². The van der Waals surface area contributed by atoms with Crippen LogP contribution in [0.3, 0.4) is 0 Å². The number of aryl methyl sites for hydroxylation is 3. The van der Waals surface area contributed by atoms with Gasteiger partial charge >= 0.3 is 0 Å². The molecule has 0 fully saturated rings. The highest BCUT2D eigenvalue weighted by atomic mass is 32.2. The molecule has 0 unspecified atom stereocenters. The molecule has 0 saturated heterocycles. The van der Waals surface area contributed by atoms with Gasteiger partial charge in [-0.2, -0.15) is 0 Å². The molecule has 0 saturated carbocycles. The van der Waals surface area contributed by atoms with E-state index in [0.29, 0.717) is 11.6 Å². The van der Waals surface area contributed by atoms with Gasteiger partial charge in [-0.1, -0.05) is 18.2 Å². The van der Waals surface area contributed by atoms with E-state index in [-0.39, 0.29) is 5.91 Å². The van der Waals surface area contributed by atoms with Crippen LogP contribution in [0.1, 0.15) is 35.1 Å². The summed E-state index contributed by atoms with van der Waals surface area (Å²) in [6.07, 6.45) is 8.70. The van der Waals surface area contributed by atoms with Crippen molar-refractivity contribution in [3.05, 3.63) is 77.1 Å². The van der Waals surface area contributed by atoms with Crippen molar-refractivity contribution in [2.45, 2.75) is 49.1 Å². The zero-order valence-corrected chi connectivity index (χ0v) is 16.8. The molecule has 0 aliphatic heterocycles. The van der Waals surface area contributed by atoms with Gasteiger partial charge in [-0.15, -0.1) is 0 Å². The van der Waals surface area contributed by atoms with Crippen LogP contribution in [-0.4, -0.2) is 15.9 Å². The summed E-state index contributed by atoms with van der Waals surface area (Å²) >= 11 is 1.51. The predicted molar refractivity (Wildman–Crippen MR) is 113 cm³/mol. The van der Waals surface area contributed by atoms with E-state index in [0.717, 1.165) is 28.1 Å². The van der Waals surface area contributed by atoms with Gasteiger partial charge in [-0.3, -0.25) is 4.79 Å². The summed E-state index contributed by atoms with van der Waals surface area (Å²) in [5.74, 6) is 0.0191. The van der Waals surface area contributed by atoms with E-state index in [1.54, 1.807) is 18.5 Å². The Morgan fingerprint density at radius 1 is 1.04 bits per heavy atom. The highest BCUT2D eigenvalue weighted by Crippen LogP contribution is 2.28. The molecule has 1 heterocycles. The molecule has 4 rings (SSSR count). The highest BCUT2D eigenvalue weighted by molar-refractivity contribution is 7.99. The number of aromatic nitrogens is 2. The van der Waals surface area contributed by atoms with Crippen molar-refractivity contribution in [2.24, 2.45) is 0 Å². The largest absolute Gasteiger partial charge is 0.326 e. The Morgan fingerprint density at radius 3 is 2.61 bits per heavy atom. The summed E-state index contributed by atoms with van der Waals surface area (Å²) in [6.45, 7) is 2.00. The average Bonchev–Trinajstić information content (AvgIpc) is 2.71. The number of amides is 1. The van der Waals surface area contributed by atoms with Crippen molar-refractivity contribution in [2.75, 3.05) is 5.32 Å². The summed E-state index contributed by atoms with van der Waals surface area (Å²) in [6, 6.07) is 14.3. The zero-order valence-electron chi connectivity index (χ0n) is 15.9. The van der Waals surface area contributed by atoms with Gasteiger partial charge in [-0.05, 0) is 90.9 Å². The minimum atomic E-state index is 0.0191. The number of rotatable bonds is 5. The molecular weight excluding hydrogens is 366 g/mol. The first-order valence-electron chi connectivity index (χ1n) is 9.63. The Kier molecular flexibility index (Phi) is 5.72. The molecule has 1 aliphatic rings. The SMILES string of the molecule is Cc1cc(Sc2ncccn2)ccc1NC(=O)Cc1ccc2c(c1)CCCC2. The van der Waals surface area contributed by atoms with Gasteiger partial charge in [0.25, 0.3) is 0 Å². The monoisotopic (exact) mass is 389 g/mol. The van der Waals surface area contributed by atoms with E-state index in [1.807, 2.05) is 19.1 Å². The number of nitrogens with zero attached hydrogens (tertiary/aromatic N) is 2. The topological polar surface area (TPSA) is 54.9 Å². The van der Waals surface area contributed by atoms with Gasteiger partial charge < -0.3 is 5.32 Å². The first kappa shape index (κ1) is 18.7. The van der Waals surface area contributed by atoms with E-state index in [1.165, 1.54) is 42.2 Å². The van der Waals surface area contributed by atoms with Crippen molar-refractivity contribution in [1.29, 1.82) is 0 Å². The van der Waals surface area contributed by atoms with Gasteiger partial charge in [0.15, 0.2) is 5.16 Å². The molecule has 3 aromatic rings. The van der Waals surface area contributed by atoms with E-state index >= 15 is 0 Å². The fourth-order valence-electron chi connectivity index (χ4n) is 3.56. The number of hydrogen-bond donors (Lipinski definition) is 1. The molecule has 1 aliphatic carbocycles. The number of carbonyl (C=O) groups excluding carboxylic acids is 1. The molecular formula is C23H23N3OS. The second-order valence-electron chi connectivity index (χ2n) is 7.15. The minimum Gasteiger partial charge on any atom is -0.326 e. The lowest BCUT2D eigenvalue weighted by atomic mass is 9.90. The number of carbonyl (C=O) groups is 1. The summed E-state index contributed by atoms with van der Waals surface area (Å²) < 4.78 is 0. The smallest absolute Gasteiger partial charge is 0.228 e. The Labute approximate surface area is 169 Å². The second kappa shape index (κ2) is 8.57. The van der Waals surface area contributed by atoms with Crippen molar-refractivity contribution < 1.29 is 4.79 Å². The molecule has 0 bridgehead atoms. The van der Waals surface area contributed by atoms with Gasteiger partial charge in [0.2, 0.25) is 5.91 Å². The van der Waals surface area contributed by atoms with Gasteiger partial charge in [0.1, 0.15) is 0 Å². The van der Waals surface area contributed by atoms with Crippen LogP contribution >= 0.6 is 11.8 Å². The lowest BCUT2D eigenvalue weighted by molar-refractivity contribution is -0.115. The molecule has 0 atom stereocenters. The fraction of sp³-hybridized carbons (Fsp3) is 0.261. The molecule has 4 nitrogen and oxygen atoms in total. The van der Waals surface area contributed by atoms with E-state index < -0.39 is 0 Å². The first-order valence-corrected chi connectivity index (χ1v) is 10.4. The van der Waals surface area contributed by atoms with Crippen LogP contribution in [0.2, 0.25) is 0 Å². The average molecular weight is 390 g/mol. The van der Waals surface area contributed by atoms with Gasteiger partial charge in [0.05, 0.1) is 6.42 Å². The molecule has 1 amide bonds. The minimum absolute atomic E-state index is 0.0191. The molecule has 0 radical (unpaired) electrons. The van der Waals surface area contributed by atoms with Crippen LogP contribution in [0.15, 0.2) is 64.9 Å². The summed E-state index contributed by atoms with van der Waals surface area (Å²) in [7, 11) is 0. The van der Waals surface area contributed by atoms with Crippen LogP contribution in [0.4, 0.5) is 5.69 Å². The second-order valence-corrected chi connectivity index (χ2v) is 8.19. The lowest BCUT2D eigenvalue weighted by Gasteiger charge is -2.16. The van der Waals surface area contributed by atoms with Gasteiger partial charge in [0, 0.05) is 23.0 Å². The van der Waals surface area contributed by atoms with E-state index in [9.17, 15) is 4.79 Å². The van der Waals surface area contributed by atoms with Crippen LogP contribution < -0.4 is 5.32 Å². The molecule has 142 valence electrons. The molecule has 1 aromatic heterocycles. The third-order valence-corrected chi connectivity index (χ3v) is 5.88. The maximum Gasteiger partial charge on any atom is 0.228 e. The van der Waals surface area contributed by atoms with Crippen LogP contribution in [-0.2, 0) is 24.1 Å². The summed E-state index contributed by atoms with van der Waals surface area (Å²) in [5.41, 5.74) is 5.82. The quantitative estimate of drug-likeness (QED) is 0.624. The highest BCUT2D eigenvalue weighted by Gasteiger charge is 2.12. The Balaban J connectivity index is 1.40. The molecule has 0 spiro atoms. The van der Waals surface area contributed by atoms with Crippen LogP contribution in [0.25, 0.3) is 0 Å². The van der Waals surface area contributed by atoms with Crippen molar-refractivity contribution in [3.63, 3.8) is 0 Å². The maximum absolute atomic E-state index is 12.5. The third-order valence-electron chi connectivity index (χ3n) is 5.00. The zero-order chi connectivity index (χ0) is 19.3. The van der Waals surface area contributed by atoms with Crippen molar-refractivity contribution >= 4 is 23.4 Å². The van der Waals surface area contributed by atoms with Crippen LogP contribution in [0, 0.1) is 6.92 Å². The molecule has 5 heteroatoms.